The highest BCUT2D eigenvalue weighted by atomic mass is 19.1. The number of ether oxygens (including phenoxy) is 1. The molecule has 32 heavy (non-hydrogen) atoms. The molecular weight excluding hydrogens is 412 g/mol. The van der Waals surface area contributed by atoms with Gasteiger partial charge < -0.3 is 14.7 Å². The zero-order valence-electron chi connectivity index (χ0n) is 19.3. The van der Waals surface area contributed by atoms with Gasteiger partial charge in [0.1, 0.15) is 17.3 Å². The fraction of sp³-hybridized carbons (Fsp3) is 0.500. The lowest BCUT2D eigenvalue weighted by molar-refractivity contribution is -0.136. The Bertz CT molecular complexity index is 947. The summed E-state index contributed by atoms with van der Waals surface area (Å²) in [6.07, 6.45) is 4.18. The molecule has 2 aromatic rings. The van der Waals surface area contributed by atoms with Crippen LogP contribution < -0.4 is 9.64 Å². The molecule has 2 aromatic carbocycles. The maximum Gasteiger partial charge on any atom is 0.305 e. The number of carbonyl (C=O) groups is 1. The van der Waals surface area contributed by atoms with Crippen LogP contribution in [0.4, 0.5) is 14.5 Å². The number of nitrogens with zero attached hydrogens (tertiary/aromatic N) is 1. The topological polar surface area (TPSA) is 49.8 Å². The summed E-state index contributed by atoms with van der Waals surface area (Å²) in [5, 5.41) is 8.87. The normalized spacial score (nSPS) is 18.9. The quantitative estimate of drug-likeness (QED) is 0.527. The molecule has 0 spiro atoms. The molecule has 6 heteroatoms. The predicted octanol–water partition coefficient (Wildman–Crippen LogP) is 6.53. The fourth-order valence-corrected chi connectivity index (χ4v) is 4.47. The van der Waals surface area contributed by atoms with Crippen molar-refractivity contribution in [2.24, 2.45) is 11.3 Å². The Labute approximate surface area is 189 Å². The largest absolute Gasteiger partial charge is 0.490 e. The Morgan fingerprint density at radius 2 is 1.81 bits per heavy atom. The van der Waals surface area contributed by atoms with Gasteiger partial charge in [-0.1, -0.05) is 32.9 Å². The number of carboxylic acid groups (broad SMARTS) is 1. The van der Waals surface area contributed by atoms with Crippen LogP contribution >= 0.6 is 0 Å². The van der Waals surface area contributed by atoms with Crippen LogP contribution in [0.5, 0.6) is 5.75 Å². The molecule has 0 saturated heterocycles. The van der Waals surface area contributed by atoms with Gasteiger partial charge in [0.15, 0.2) is 5.82 Å². The molecule has 0 heterocycles. The molecule has 1 aliphatic carbocycles. The Hall–Kier alpha value is -2.63. The summed E-state index contributed by atoms with van der Waals surface area (Å²) >= 11 is 0. The van der Waals surface area contributed by atoms with E-state index in [0.717, 1.165) is 25.7 Å². The SMILES string of the molecule is CN(CCC(=O)O)c1c(F)ccc(-c2cccc(O[C@H]3CC[C@H](C(C)(C)C)CC3)c2)c1F. The van der Waals surface area contributed by atoms with Crippen molar-refractivity contribution in [2.45, 2.75) is 59.0 Å². The van der Waals surface area contributed by atoms with E-state index < -0.39 is 17.6 Å². The average Bonchev–Trinajstić information content (AvgIpc) is 2.72. The summed E-state index contributed by atoms with van der Waals surface area (Å²) in [5.74, 6) is -1.08. The van der Waals surface area contributed by atoms with Crippen molar-refractivity contribution < 1.29 is 23.4 Å². The summed E-state index contributed by atoms with van der Waals surface area (Å²) in [4.78, 5) is 12.1. The Kier molecular flexibility index (Phi) is 7.42. The van der Waals surface area contributed by atoms with Gasteiger partial charge in [-0.15, -0.1) is 0 Å². The molecular formula is C26H33F2NO3. The number of rotatable bonds is 7. The van der Waals surface area contributed by atoms with Gasteiger partial charge in [0.25, 0.3) is 0 Å². The van der Waals surface area contributed by atoms with E-state index in [9.17, 15) is 9.18 Å². The maximum absolute atomic E-state index is 15.3. The minimum Gasteiger partial charge on any atom is -0.490 e. The molecule has 4 nitrogen and oxygen atoms in total. The Balaban J connectivity index is 1.76. The predicted molar refractivity (Wildman–Crippen MR) is 123 cm³/mol. The van der Waals surface area contributed by atoms with Crippen molar-refractivity contribution in [3.8, 4) is 16.9 Å². The molecule has 3 rings (SSSR count). The van der Waals surface area contributed by atoms with Gasteiger partial charge in [-0.25, -0.2) is 8.78 Å². The van der Waals surface area contributed by atoms with Gasteiger partial charge in [0.05, 0.1) is 12.5 Å². The zero-order chi connectivity index (χ0) is 23.5. The van der Waals surface area contributed by atoms with E-state index in [1.165, 1.54) is 24.1 Å². The first kappa shape index (κ1) is 24.0. The molecule has 1 N–H and O–H groups in total. The summed E-state index contributed by atoms with van der Waals surface area (Å²) in [6, 6.07) is 9.84. The molecule has 0 amide bonds. The van der Waals surface area contributed by atoms with Gasteiger partial charge in [0.2, 0.25) is 0 Å². The van der Waals surface area contributed by atoms with E-state index in [1.807, 2.05) is 12.1 Å². The van der Waals surface area contributed by atoms with Gasteiger partial charge in [0, 0.05) is 19.2 Å². The lowest BCUT2D eigenvalue weighted by Gasteiger charge is -2.37. The van der Waals surface area contributed by atoms with Crippen LogP contribution in [0, 0.1) is 23.0 Å². The third-order valence-corrected chi connectivity index (χ3v) is 6.46. The molecule has 0 radical (unpaired) electrons. The van der Waals surface area contributed by atoms with Crippen molar-refractivity contribution in [3.63, 3.8) is 0 Å². The van der Waals surface area contributed by atoms with Gasteiger partial charge in [-0.05, 0) is 66.8 Å². The van der Waals surface area contributed by atoms with Crippen molar-refractivity contribution >= 4 is 11.7 Å². The Morgan fingerprint density at radius 1 is 1.12 bits per heavy atom. The second-order valence-corrected chi connectivity index (χ2v) is 9.81. The second kappa shape index (κ2) is 9.88. The molecule has 1 saturated carbocycles. The van der Waals surface area contributed by atoms with E-state index in [-0.39, 0.29) is 30.3 Å². The van der Waals surface area contributed by atoms with Crippen LogP contribution in [0.1, 0.15) is 52.9 Å². The number of benzene rings is 2. The first-order chi connectivity index (χ1) is 15.1. The summed E-state index contributed by atoms with van der Waals surface area (Å²) < 4.78 is 35.9. The third kappa shape index (κ3) is 5.78. The summed E-state index contributed by atoms with van der Waals surface area (Å²) in [5.41, 5.74) is 0.928. The number of hydrogen-bond acceptors (Lipinski definition) is 3. The smallest absolute Gasteiger partial charge is 0.305 e. The van der Waals surface area contributed by atoms with Crippen LogP contribution in [0.15, 0.2) is 36.4 Å². The molecule has 0 aliphatic heterocycles. The van der Waals surface area contributed by atoms with Gasteiger partial charge in [-0.2, -0.15) is 0 Å². The first-order valence-corrected chi connectivity index (χ1v) is 11.2. The highest BCUT2D eigenvalue weighted by Gasteiger charge is 2.30. The molecule has 174 valence electrons. The van der Waals surface area contributed by atoms with Crippen LogP contribution in [-0.2, 0) is 4.79 Å². The summed E-state index contributed by atoms with van der Waals surface area (Å²) in [6.45, 7) is 6.86. The van der Waals surface area contributed by atoms with Crippen LogP contribution in [0.2, 0.25) is 0 Å². The van der Waals surface area contributed by atoms with Crippen molar-refractivity contribution in [1.29, 1.82) is 0 Å². The van der Waals surface area contributed by atoms with Crippen molar-refractivity contribution in [2.75, 3.05) is 18.5 Å². The lowest BCUT2D eigenvalue weighted by atomic mass is 9.72. The van der Waals surface area contributed by atoms with Crippen LogP contribution in [0.25, 0.3) is 11.1 Å². The molecule has 0 aromatic heterocycles. The van der Waals surface area contributed by atoms with Crippen molar-refractivity contribution in [3.05, 3.63) is 48.0 Å². The molecule has 0 bridgehead atoms. The van der Waals surface area contributed by atoms with E-state index >= 15 is 4.39 Å². The van der Waals surface area contributed by atoms with Gasteiger partial charge in [-0.3, -0.25) is 4.79 Å². The summed E-state index contributed by atoms with van der Waals surface area (Å²) in [7, 11) is 1.49. The van der Waals surface area contributed by atoms with E-state index in [4.69, 9.17) is 9.84 Å². The second-order valence-electron chi connectivity index (χ2n) is 9.81. The van der Waals surface area contributed by atoms with Gasteiger partial charge >= 0.3 is 5.97 Å². The highest BCUT2D eigenvalue weighted by molar-refractivity contribution is 5.72. The average molecular weight is 446 g/mol. The van der Waals surface area contributed by atoms with E-state index in [2.05, 4.69) is 20.8 Å². The van der Waals surface area contributed by atoms with E-state index in [1.54, 1.807) is 12.1 Å². The number of aliphatic carboxylic acids is 1. The van der Waals surface area contributed by atoms with E-state index in [0.29, 0.717) is 22.6 Å². The lowest BCUT2D eigenvalue weighted by Crippen LogP contribution is -2.30. The number of anilines is 1. The number of carboxylic acids is 1. The molecule has 1 aliphatic rings. The monoisotopic (exact) mass is 445 g/mol. The fourth-order valence-electron chi connectivity index (χ4n) is 4.47. The zero-order valence-corrected chi connectivity index (χ0v) is 19.3. The van der Waals surface area contributed by atoms with Crippen LogP contribution in [-0.4, -0.2) is 30.8 Å². The minimum absolute atomic E-state index is 0.00696. The molecule has 0 unspecified atom stereocenters. The number of halogens is 2. The minimum atomic E-state index is -1.02. The first-order valence-electron chi connectivity index (χ1n) is 11.2. The van der Waals surface area contributed by atoms with Crippen LogP contribution in [0.3, 0.4) is 0 Å². The van der Waals surface area contributed by atoms with Crippen molar-refractivity contribution in [1.82, 2.24) is 0 Å². The molecule has 1 fully saturated rings. The third-order valence-electron chi connectivity index (χ3n) is 6.46. The standard InChI is InChI=1S/C26H33F2NO3/c1-26(2,3)18-8-10-19(11-9-18)32-20-7-5-6-17(16-20)21-12-13-22(27)25(24(21)28)29(4)15-14-23(30)31/h5-7,12-13,16,18-19H,8-11,14-15H2,1-4H3,(H,30,31)/t18-,19-. The number of hydrogen-bond donors (Lipinski definition) is 1. The Morgan fingerprint density at radius 3 is 2.44 bits per heavy atom. The molecule has 0 atom stereocenters. The highest BCUT2D eigenvalue weighted by Crippen LogP contribution is 2.39. The maximum atomic E-state index is 15.3.